The van der Waals surface area contributed by atoms with Crippen LogP contribution in [0.15, 0.2) is 24.3 Å². The molecule has 0 saturated heterocycles. The zero-order valence-corrected chi connectivity index (χ0v) is 9.50. The first-order valence-corrected chi connectivity index (χ1v) is 5.00. The van der Waals surface area contributed by atoms with Gasteiger partial charge in [0.25, 0.3) is 0 Å². The van der Waals surface area contributed by atoms with E-state index in [1.165, 1.54) is 6.21 Å². The molecule has 0 aliphatic heterocycles. The van der Waals surface area contributed by atoms with Gasteiger partial charge < -0.3 is 10.1 Å². The van der Waals surface area contributed by atoms with Gasteiger partial charge in [0, 0.05) is 6.21 Å². The van der Waals surface area contributed by atoms with E-state index in [2.05, 4.69) is 11.8 Å². The van der Waals surface area contributed by atoms with Crippen LogP contribution in [0.5, 0.6) is 5.75 Å². The lowest BCUT2D eigenvalue weighted by molar-refractivity contribution is 0.370. The number of rotatable bonds is 3. The maximum atomic E-state index is 7.05. The molecule has 0 aliphatic rings. The molecule has 0 aromatic heterocycles. The van der Waals surface area contributed by atoms with E-state index >= 15 is 0 Å². The molecule has 0 atom stereocenters. The van der Waals surface area contributed by atoms with Gasteiger partial charge in [-0.3, -0.25) is 0 Å². The molecular formula is C13H17NO. The molecule has 0 unspecified atom stereocenters. The summed E-state index contributed by atoms with van der Waals surface area (Å²) in [6.07, 6.45) is 1.29. The topological polar surface area (TPSA) is 33.1 Å². The van der Waals surface area contributed by atoms with Crippen molar-refractivity contribution < 1.29 is 4.74 Å². The third kappa shape index (κ3) is 5.53. The van der Waals surface area contributed by atoms with Crippen LogP contribution in [0.3, 0.4) is 0 Å². The molecule has 0 heterocycles. The highest BCUT2D eigenvalue weighted by atomic mass is 16.5. The van der Waals surface area contributed by atoms with E-state index in [0.717, 1.165) is 11.3 Å². The largest absolute Gasteiger partial charge is 0.481 e. The molecule has 0 aliphatic carbocycles. The van der Waals surface area contributed by atoms with Crippen LogP contribution in [0.25, 0.3) is 0 Å². The fourth-order valence-corrected chi connectivity index (χ4v) is 0.886. The molecule has 0 fully saturated rings. The normalized spacial score (nSPS) is 7.67. The molecule has 80 valence electrons. The lowest BCUT2D eigenvalue weighted by Crippen LogP contribution is -1.94. The van der Waals surface area contributed by atoms with E-state index in [4.69, 9.17) is 10.1 Å². The monoisotopic (exact) mass is 203 g/mol. The summed E-state index contributed by atoms with van der Waals surface area (Å²) >= 11 is 0. The van der Waals surface area contributed by atoms with E-state index in [9.17, 15) is 0 Å². The van der Waals surface area contributed by atoms with Crippen LogP contribution < -0.4 is 4.74 Å². The van der Waals surface area contributed by atoms with E-state index in [1.807, 2.05) is 38.1 Å². The lowest BCUT2D eigenvalue weighted by atomic mass is 10.2. The minimum atomic E-state index is 0.401. The standard InChI is InChI=1S/C11H11NO.C2H6/c1-2-3-7-13-11-6-4-5-10(8-11)9-12;1-2/h4-6,8-9,12H,7H2,1H3;1-2H3. The second-order valence-electron chi connectivity index (χ2n) is 2.43. The van der Waals surface area contributed by atoms with Gasteiger partial charge in [0.2, 0.25) is 0 Å². The molecule has 1 N–H and O–H groups in total. The van der Waals surface area contributed by atoms with Crippen LogP contribution >= 0.6 is 0 Å². The van der Waals surface area contributed by atoms with Crippen LogP contribution in [0, 0.1) is 17.3 Å². The van der Waals surface area contributed by atoms with Crippen molar-refractivity contribution in [3.63, 3.8) is 0 Å². The molecule has 1 aromatic carbocycles. The van der Waals surface area contributed by atoms with Gasteiger partial charge in [0.05, 0.1) is 0 Å². The third-order valence-corrected chi connectivity index (χ3v) is 1.51. The summed E-state index contributed by atoms with van der Waals surface area (Å²) in [5.74, 6) is 6.31. The Hall–Kier alpha value is -1.75. The molecule has 0 saturated carbocycles. The maximum absolute atomic E-state index is 7.05. The molecule has 0 amide bonds. The molecule has 15 heavy (non-hydrogen) atoms. The van der Waals surface area contributed by atoms with Crippen LogP contribution in [0.4, 0.5) is 0 Å². The summed E-state index contributed by atoms with van der Waals surface area (Å²) in [7, 11) is 0. The van der Waals surface area contributed by atoms with Crippen molar-refractivity contribution in [1.29, 1.82) is 5.41 Å². The fourth-order valence-electron chi connectivity index (χ4n) is 0.886. The fraction of sp³-hybridized carbons (Fsp3) is 0.308. The number of ether oxygens (including phenoxy) is 1. The number of benzene rings is 1. The van der Waals surface area contributed by atoms with Crippen LogP contribution in [-0.4, -0.2) is 12.8 Å². The van der Waals surface area contributed by atoms with Crippen LogP contribution in [-0.2, 0) is 0 Å². The first kappa shape index (κ1) is 13.2. The number of nitrogens with one attached hydrogen (secondary N) is 1. The first-order valence-electron chi connectivity index (χ1n) is 5.00. The van der Waals surface area contributed by atoms with Gasteiger partial charge in [0.1, 0.15) is 12.4 Å². The van der Waals surface area contributed by atoms with Crippen molar-refractivity contribution in [3.8, 4) is 17.6 Å². The van der Waals surface area contributed by atoms with Gasteiger partial charge in [0.15, 0.2) is 0 Å². The van der Waals surface area contributed by atoms with Gasteiger partial charge in [-0.05, 0) is 24.6 Å². The molecule has 1 rings (SSSR count). The average molecular weight is 203 g/mol. The Kier molecular flexibility index (Phi) is 7.80. The third-order valence-electron chi connectivity index (χ3n) is 1.51. The molecule has 1 aromatic rings. The zero-order chi connectivity index (χ0) is 11.5. The highest BCUT2D eigenvalue weighted by Gasteiger charge is 1.92. The zero-order valence-electron chi connectivity index (χ0n) is 9.50. The molecule has 2 nitrogen and oxygen atoms in total. The van der Waals surface area contributed by atoms with Crippen molar-refractivity contribution in [2.45, 2.75) is 20.8 Å². The summed E-state index contributed by atoms with van der Waals surface area (Å²) in [5, 5.41) is 7.05. The van der Waals surface area contributed by atoms with E-state index < -0.39 is 0 Å². The first-order chi connectivity index (χ1) is 7.36. The van der Waals surface area contributed by atoms with E-state index in [-0.39, 0.29) is 0 Å². The smallest absolute Gasteiger partial charge is 0.149 e. The predicted molar refractivity (Wildman–Crippen MR) is 64.6 cm³/mol. The Morgan fingerprint density at radius 1 is 1.40 bits per heavy atom. The summed E-state index contributed by atoms with van der Waals surface area (Å²) < 4.78 is 5.31. The second kappa shape index (κ2) is 8.83. The van der Waals surface area contributed by atoms with Gasteiger partial charge in [-0.15, -0.1) is 5.92 Å². The summed E-state index contributed by atoms with van der Waals surface area (Å²) in [6, 6.07) is 7.37. The number of hydrogen-bond donors (Lipinski definition) is 1. The van der Waals surface area contributed by atoms with Gasteiger partial charge in [-0.2, -0.15) is 0 Å². The van der Waals surface area contributed by atoms with Gasteiger partial charge in [-0.1, -0.05) is 31.9 Å². The average Bonchev–Trinajstić information content (AvgIpc) is 2.32. The van der Waals surface area contributed by atoms with E-state index in [1.54, 1.807) is 6.92 Å². The van der Waals surface area contributed by atoms with Crippen LogP contribution in [0.2, 0.25) is 0 Å². The van der Waals surface area contributed by atoms with Gasteiger partial charge in [-0.25, -0.2) is 0 Å². The molecular weight excluding hydrogens is 186 g/mol. The van der Waals surface area contributed by atoms with Crippen LogP contribution in [0.1, 0.15) is 26.3 Å². The molecule has 0 spiro atoms. The highest BCUT2D eigenvalue weighted by Crippen LogP contribution is 2.11. The molecule has 2 heteroatoms. The Labute approximate surface area is 91.8 Å². The molecule has 0 bridgehead atoms. The summed E-state index contributed by atoms with van der Waals surface area (Å²) in [5.41, 5.74) is 0.835. The molecule has 0 radical (unpaired) electrons. The Balaban J connectivity index is 0.000000921. The predicted octanol–water partition coefficient (Wildman–Crippen LogP) is 3.11. The van der Waals surface area contributed by atoms with Gasteiger partial charge >= 0.3 is 0 Å². The van der Waals surface area contributed by atoms with Crippen molar-refractivity contribution >= 4 is 6.21 Å². The van der Waals surface area contributed by atoms with Crippen molar-refractivity contribution in [1.82, 2.24) is 0 Å². The lowest BCUT2D eigenvalue weighted by Gasteiger charge is -2.01. The van der Waals surface area contributed by atoms with Crippen molar-refractivity contribution in [2.24, 2.45) is 0 Å². The Bertz CT molecular complexity index is 347. The maximum Gasteiger partial charge on any atom is 0.149 e. The second-order valence-corrected chi connectivity index (χ2v) is 2.43. The van der Waals surface area contributed by atoms with E-state index in [0.29, 0.717) is 6.61 Å². The highest BCUT2D eigenvalue weighted by molar-refractivity contribution is 5.77. The Morgan fingerprint density at radius 2 is 2.13 bits per heavy atom. The van der Waals surface area contributed by atoms with Crippen molar-refractivity contribution in [3.05, 3.63) is 29.8 Å². The van der Waals surface area contributed by atoms with Crippen molar-refractivity contribution in [2.75, 3.05) is 6.61 Å². The SMILES string of the molecule is CC.CC#CCOc1cccc(C=N)c1. The Morgan fingerprint density at radius 3 is 2.73 bits per heavy atom. The summed E-state index contributed by atoms with van der Waals surface area (Å²) in [6.45, 7) is 6.18. The summed E-state index contributed by atoms with van der Waals surface area (Å²) in [4.78, 5) is 0. The minimum Gasteiger partial charge on any atom is -0.481 e. The number of hydrogen-bond acceptors (Lipinski definition) is 2. The minimum absolute atomic E-state index is 0.401. The quantitative estimate of drug-likeness (QED) is 0.594.